The quantitative estimate of drug-likeness (QED) is 0.687. The van der Waals surface area contributed by atoms with Gasteiger partial charge in [0, 0.05) is 19.2 Å². The molecule has 7 heteroatoms. The molecular weight excluding hydrogens is 384 g/mol. The number of hydrogen-bond acceptors (Lipinski definition) is 5. The van der Waals surface area contributed by atoms with Crippen LogP contribution in [0.4, 0.5) is 4.79 Å². The Bertz CT molecular complexity index is 754. The maximum Gasteiger partial charge on any atom is 0.410 e. The second-order valence-electron chi connectivity index (χ2n) is 8.88. The van der Waals surface area contributed by atoms with Crippen LogP contribution in [0.3, 0.4) is 0 Å². The Morgan fingerprint density at radius 2 is 1.83 bits per heavy atom. The molecule has 1 aliphatic rings. The van der Waals surface area contributed by atoms with E-state index in [9.17, 15) is 14.4 Å². The van der Waals surface area contributed by atoms with Gasteiger partial charge in [-0.2, -0.15) is 0 Å². The lowest BCUT2D eigenvalue weighted by molar-refractivity contribution is -0.130. The summed E-state index contributed by atoms with van der Waals surface area (Å²) >= 11 is 0. The Balaban J connectivity index is 1.99. The Kier molecular flexibility index (Phi) is 8.01. The molecule has 1 N–H and O–H groups in total. The number of benzene rings is 1. The molecule has 1 aromatic carbocycles. The minimum Gasteiger partial charge on any atom is -0.444 e. The number of likely N-dealkylation sites (tertiary alicyclic amines) is 1. The van der Waals surface area contributed by atoms with Gasteiger partial charge in [-0.3, -0.25) is 9.59 Å². The molecule has 2 amide bonds. The van der Waals surface area contributed by atoms with Crippen LogP contribution in [-0.4, -0.2) is 60.6 Å². The van der Waals surface area contributed by atoms with Crippen molar-refractivity contribution in [3.63, 3.8) is 0 Å². The third kappa shape index (κ3) is 6.29. The van der Waals surface area contributed by atoms with E-state index in [1.165, 1.54) is 7.11 Å². The standard InChI is InChI=1S/C23H34N2O5/c1-15-9-11-17(12-10-15)19(26)14-24-21(27)16(2)20(29-6)18-8-7-13-25(18)22(28)30-23(3,4)5/h9-12,16,18,20H,7-8,13-14H2,1-6H3,(H,24,27). The van der Waals surface area contributed by atoms with Crippen LogP contribution in [0.5, 0.6) is 0 Å². The Labute approximate surface area is 179 Å². The molecule has 1 fully saturated rings. The van der Waals surface area contributed by atoms with Crippen LogP contribution in [0.15, 0.2) is 24.3 Å². The first-order chi connectivity index (χ1) is 14.0. The van der Waals surface area contributed by atoms with Crippen molar-refractivity contribution in [2.75, 3.05) is 20.2 Å². The van der Waals surface area contributed by atoms with Gasteiger partial charge in [0.25, 0.3) is 0 Å². The van der Waals surface area contributed by atoms with Crippen molar-refractivity contribution in [2.24, 2.45) is 5.92 Å². The number of nitrogens with one attached hydrogen (secondary N) is 1. The van der Waals surface area contributed by atoms with Crippen molar-refractivity contribution in [3.8, 4) is 0 Å². The van der Waals surface area contributed by atoms with Crippen molar-refractivity contribution < 1.29 is 23.9 Å². The van der Waals surface area contributed by atoms with E-state index < -0.39 is 23.7 Å². The van der Waals surface area contributed by atoms with Crippen molar-refractivity contribution in [3.05, 3.63) is 35.4 Å². The summed E-state index contributed by atoms with van der Waals surface area (Å²) in [6, 6.07) is 6.98. The number of rotatable bonds is 7. The van der Waals surface area contributed by atoms with Crippen molar-refractivity contribution >= 4 is 17.8 Å². The van der Waals surface area contributed by atoms with Gasteiger partial charge in [0.05, 0.1) is 24.6 Å². The van der Waals surface area contributed by atoms with E-state index >= 15 is 0 Å². The summed E-state index contributed by atoms with van der Waals surface area (Å²) < 4.78 is 11.1. The van der Waals surface area contributed by atoms with E-state index in [-0.39, 0.29) is 24.3 Å². The molecule has 0 radical (unpaired) electrons. The molecule has 3 unspecified atom stereocenters. The highest BCUT2D eigenvalue weighted by molar-refractivity contribution is 5.99. The van der Waals surface area contributed by atoms with Gasteiger partial charge in [-0.15, -0.1) is 0 Å². The van der Waals surface area contributed by atoms with Gasteiger partial charge < -0.3 is 19.7 Å². The second kappa shape index (κ2) is 10.1. The van der Waals surface area contributed by atoms with Crippen LogP contribution in [0.1, 0.15) is 56.5 Å². The van der Waals surface area contributed by atoms with Gasteiger partial charge in [-0.05, 0) is 40.5 Å². The zero-order valence-electron chi connectivity index (χ0n) is 18.9. The van der Waals surface area contributed by atoms with Crippen LogP contribution in [0.2, 0.25) is 0 Å². The first-order valence-electron chi connectivity index (χ1n) is 10.4. The molecule has 0 saturated carbocycles. The van der Waals surface area contributed by atoms with E-state index in [0.717, 1.165) is 18.4 Å². The predicted octanol–water partition coefficient (Wildman–Crippen LogP) is 3.34. The number of hydrogen-bond donors (Lipinski definition) is 1. The number of Topliss-reactive ketones (excluding diaryl/α,β-unsaturated/α-hetero) is 1. The van der Waals surface area contributed by atoms with E-state index in [1.807, 2.05) is 39.8 Å². The fourth-order valence-corrected chi connectivity index (χ4v) is 3.69. The second-order valence-corrected chi connectivity index (χ2v) is 8.88. The molecule has 0 bridgehead atoms. The molecule has 1 aromatic rings. The number of aryl methyl sites for hydroxylation is 1. The molecule has 166 valence electrons. The number of amides is 2. The van der Waals surface area contributed by atoms with Gasteiger partial charge in [0.15, 0.2) is 5.78 Å². The minimum atomic E-state index is -0.591. The van der Waals surface area contributed by atoms with Crippen molar-refractivity contribution in [2.45, 2.75) is 65.2 Å². The van der Waals surface area contributed by atoms with E-state index in [4.69, 9.17) is 9.47 Å². The van der Waals surface area contributed by atoms with Gasteiger partial charge in [-0.1, -0.05) is 36.8 Å². The fraction of sp³-hybridized carbons (Fsp3) is 0.609. The number of carbonyl (C=O) groups is 3. The summed E-state index contributed by atoms with van der Waals surface area (Å²) in [7, 11) is 1.54. The van der Waals surface area contributed by atoms with Crippen molar-refractivity contribution in [1.82, 2.24) is 10.2 Å². The van der Waals surface area contributed by atoms with Gasteiger partial charge in [-0.25, -0.2) is 4.79 Å². The van der Waals surface area contributed by atoms with Gasteiger partial charge in [0.2, 0.25) is 5.91 Å². The summed E-state index contributed by atoms with van der Waals surface area (Å²) in [5.74, 6) is -0.965. The fourth-order valence-electron chi connectivity index (χ4n) is 3.69. The average Bonchev–Trinajstić information content (AvgIpc) is 3.15. The SMILES string of the molecule is COC(C(C)C(=O)NCC(=O)c1ccc(C)cc1)C1CCCN1C(=O)OC(C)(C)C. The molecule has 7 nitrogen and oxygen atoms in total. The van der Waals surface area contributed by atoms with Crippen LogP contribution < -0.4 is 5.32 Å². The van der Waals surface area contributed by atoms with E-state index in [1.54, 1.807) is 24.0 Å². The topological polar surface area (TPSA) is 84.9 Å². The highest BCUT2D eigenvalue weighted by atomic mass is 16.6. The molecule has 2 rings (SSSR count). The summed E-state index contributed by atoms with van der Waals surface area (Å²) in [5.41, 5.74) is 1.04. The molecule has 1 saturated heterocycles. The minimum absolute atomic E-state index is 0.0802. The Morgan fingerprint density at radius 1 is 1.20 bits per heavy atom. The monoisotopic (exact) mass is 418 g/mol. The van der Waals surface area contributed by atoms with Crippen LogP contribution in [-0.2, 0) is 14.3 Å². The highest BCUT2D eigenvalue weighted by Crippen LogP contribution is 2.28. The maximum absolute atomic E-state index is 12.7. The van der Waals surface area contributed by atoms with Gasteiger partial charge >= 0.3 is 6.09 Å². The molecule has 0 spiro atoms. The van der Waals surface area contributed by atoms with E-state index in [0.29, 0.717) is 12.1 Å². The lowest BCUT2D eigenvalue weighted by atomic mass is 9.95. The molecule has 0 aliphatic carbocycles. The summed E-state index contributed by atoms with van der Waals surface area (Å²) in [6.45, 7) is 9.67. The average molecular weight is 419 g/mol. The smallest absolute Gasteiger partial charge is 0.410 e. The number of carbonyl (C=O) groups excluding carboxylic acids is 3. The first kappa shape index (κ1) is 23.9. The molecular formula is C23H34N2O5. The number of methoxy groups -OCH3 is 1. The number of ether oxygens (including phenoxy) is 2. The van der Waals surface area contributed by atoms with Crippen LogP contribution in [0, 0.1) is 12.8 Å². The largest absolute Gasteiger partial charge is 0.444 e. The number of ketones is 1. The molecule has 1 heterocycles. The summed E-state index contributed by atoms with van der Waals surface area (Å²) in [5, 5.41) is 2.71. The maximum atomic E-state index is 12.7. The summed E-state index contributed by atoms with van der Waals surface area (Å²) in [4.78, 5) is 39.3. The Morgan fingerprint density at radius 3 is 2.40 bits per heavy atom. The van der Waals surface area contributed by atoms with Gasteiger partial charge in [0.1, 0.15) is 5.60 Å². The molecule has 0 aromatic heterocycles. The molecule has 30 heavy (non-hydrogen) atoms. The Hall–Kier alpha value is -2.41. The van der Waals surface area contributed by atoms with Crippen LogP contribution >= 0.6 is 0 Å². The number of nitrogens with zero attached hydrogens (tertiary/aromatic N) is 1. The predicted molar refractivity (Wildman–Crippen MR) is 114 cm³/mol. The highest BCUT2D eigenvalue weighted by Gasteiger charge is 2.41. The zero-order chi connectivity index (χ0) is 22.5. The first-order valence-corrected chi connectivity index (χ1v) is 10.4. The molecule has 3 atom stereocenters. The third-order valence-corrected chi connectivity index (χ3v) is 5.28. The third-order valence-electron chi connectivity index (χ3n) is 5.28. The lowest BCUT2D eigenvalue weighted by Gasteiger charge is -2.34. The summed E-state index contributed by atoms with van der Waals surface area (Å²) in [6.07, 6.45) is 0.672. The van der Waals surface area contributed by atoms with Crippen molar-refractivity contribution in [1.29, 1.82) is 0 Å². The van der Waals surface area contributed by atoms with Crippen LogP contribution in [0.25, 0.3) is 0 Å². The zero-order valence-corrected chi connectivity index (χ0v) is 18.9. The van der Waals surface area contributed by atoms with E-state index in [2.05, 4.69) is 5.32 Å². The molecule has 1 aliphatic heterocycles. The lowest BCUT2D eigenvalue weighted by Crippen LogP contribution is -2.51. The normalized spacial score (nSPS) is 18.6.